The van der Waals surface area contributed by atoms with E-state index < -0.39 is 5.79 Å². The fraction of sp³-hybridized carbons (Fsp3) is 0.111. The lowest BCUT2D eigenvalue weighted by Crippen LogP contribution is -2.34. The average molecular weight is 380 g/mol. The van der Waals surface area contributed by atoms with Crippen LogP contribution in [0.4, 0.5) is 0 Å². The Morgan fingerprint density at radius 2 is 0.724 bits per heavy atom. The molecule has 144 valence electrons. The van der Waals surface area contributed by atoms with E-state index in [0.717, 1.165) is 22.3 Å². The molecule has 2 nitrogen and oxygen atoms in total. The van der Waals surface area contributed by atoms with E-state index in [1.54, 1.807) is 0 Å². The maximum absolute atomic E-state index is 6.59. The lowest BCUT2D eigenvalue weighted by molar-refractivity contribution is -0.231. The number of benzene rings is 4. The average Bonchev–Trinajstić information content (AvgIpc) is 2.82. The highest BCUT2D eigenvalue weighted by molar-refractivity contribution is 5.34. The first-order valence-electron chi connectivity index (χ1n) is 9.84. The summed E-state index contributed by atoms with van der Waals surface area (Å²) >= 11 is 0. The maximum Gasteiger partial charge on any atom is 0.222 e. The smallest absolute Gasteiger partial charge is 0.222 e. The van der Waals surface area contributed by atoms with E-state index in [0.29, 0.717) is 13.2 Å². The molecular weight excluding hydrogens is 356 g/mol. The van der Waals surface area contributed by atoms with Gasteiger partial charge in [-0.3, -0.25) is 0 Å². The molecule has 0 amide bonds. The van der Waals surface area contributed by atoms with Gasteiger partial charge >= 0.3 is 0 Å². The second-order valence-electron chi connectivity index (χ2n) is 6.90. The van der Waals surface area contributed by atoms with E-state index in [1.807, 2.05) is 72.8 Å². The normalized spacial score (nSPS) is 11.3. The van der Waals surface area contributed by atoms with Crippen LogP contribution < -0.4 is 0 Å². The van der Waals surface area contributed by atoms with E-state index in [4.69, 9.17) is 9.47 Å². The predicted molar refractivity (Wildman–Crippen MR) is 116 cm³/mol. The summed E-state index contributed by atoms with van der Waals surface area (Å²) in [5.74, 6) is -1.01. The molecule has 0 aliphatic rings. The largest absolute Gasteiger partial charge is 0.337 e. The molecule has 0 saturated heterocycles. The molecular formula is C27H24O2. The number of hydrogen-bond acceptors (Lipinski definition) is 2. The van der Waals surface area contributed by atoms with Gasteiger partial charge < -0.3 is 9.47 Å². The van der Waals surface area contributed by atoms with Gasteiger partial charge in [-0.1, -0.05) is 121 Å². The van der Waals surface area contributed by atoms with E-state index in [2.05, 4.69) is 48.5 Å². The van der Waals surface area contributed by atoms with Gasteiger partial charge in [-0.25, -0.2) is 0 Å². The molecule has 0 aliphatic carbocycles. The molecule has 2 heteroatoms. The van der Waals surface area contributed by atoms with Gasteiger partial charge in [0.2, 0.25) is 5.79 Å². The van der Waals surface area contributed by atoms with E-state index in [9.17, 15) is 0 Å². The molecule has 0 aliphatic heterocycles. The lowest BCUT2D eigenvalue weighted by atomic mass is 9.96. The fourth-order valence-electron chi connectivity index (χ4n) is 3.38. The van der Waals surface area contributed by atoms with Gasteiger partial charge in [-0.15, -0.1) is 0 Å². The van der Waals surface area contributed by atoms with Crippen LogP contribution in [-0.2, 0) is 28.5 Å². The van der Waals surface area contributed by atoms with Gasteiger partial charge in [0, 0.05) is 11.1 Å². The van der Waals surface area contributed by atoms with Crippen molar-refractivity contribution in [2.45, 2.75) is 19.0 Å². The molecule has 0 bridgehead atoms. The minimum Gasteiger partial charge on any atom is -0.337 e. The molecule has 0 radical (unpaired) electrons. The molecule has 0 spiro atoms. The minimum absolute atomic E-state index is 0.444. The first-order valence-corrected chi connectivity index (χ1v) is 9.84. The Morgan fingerprint density at radius 3 is 1.07 bits per heavy atom. The second-order valence-corrected chi connectivity index (χ2v) is 6.90. The van der Waals surface area contributed by atoms with Gasteiger partial charge in [0.25, 0.3) is 0 Å². The van der Waals surface area contributed by atoms with Crippen LogP contribution in [0.2, 0.25) is 0 Å². The van der Waals surface area contributed by atoms with Gasteiger partial charge in [-0.2, -0.15) is 0 Å². The van der Waals surface area contributed by atoms with Crippen LogP contribution in [0.15, 0.2) is 121 Å². The van der Waals surface area contributed by atoms with Crippen molar-refractivity contribution in [1.29, 1.82) is 0 Å². The molecule has 0 saturated carbocycles. The van der Waals surface area contributed by atoms with Crippen LogP contribution in [0, 0.1) is 0 Å². The van der Waals surface area contributed by atoms with Gasteiger partial charge in [-0.05, 0) is 11.1 Å². The lowest BCUT2D eigenvalue weighted by Gasteiger charge is -2.35. The highest BCUT2D eigenvalue weighted by atomic mass is 16.7. The molecule has 4 aromatic carbocycles. The summed E-state index contributed by atoms with van der Waals surface area (Å²) in [6.45, 7) is 0.888. The maximum atomic E-state index is 6.59. The molecule has 4 rings (SSSR count). The third-order valence-electron chi connectivity index (χ3n) is 4.88. The third kappa shape index (κ3) is 4.62. The zero-order valence-electron chi connectivity index (χ0n) is 16.3. The minimum atomic E-state index is -1.01. The topological polar surface area (TPSA) is 18.5 Å². The fourth-order valence-corrected chi connectivity index (χ4v) is 3.38. The predicted octanol–water partition coefficient (Wildman–Crippen LogP) is 6.32. The quantitative estimate of drug-likeness (QED) is 0.333. The Morgan fingerprint density at radius 1 is 0.414 bits per heavy atom. The van der Waals surface area contributed by atoms with Crippen molar-refractivity contribution in [3.8, 4) is 0 Å². The van der Waals surface area contributed by atoms with E-state index in [-0.39, 0.29) is 0 Å². The SMILES string of the molecule is c1ccc(COC(OCc2ccccc2)(c2ccccc2)c2ccccc2)cc1. The number of hydrogen-bond donors (Lipinski definition) is 0. The Hall–Kier alpha value is -3.20. The van der Waals surface area contributed by atoms with E-state index in [1.165, 1.54) is 0 Å². The first kappa shape index (κ1) is 19.1. The summed E-state index contributed by atoms with van der Waals surface area (Å²) in [7, 11) is 0. The zero-order chi connectivity index (χ0) is 19.8. The summed E-state index contributed by atoms with van der Waals surface area (Å²) in [5.41, 5.74) is 4.15. The highest BCUT2D eigenvalue weighted by Crippen LogP contribution is 2.37. The van der Waals surface area contributed by atoms with Crippen molar-refractivity contribution in [2.75, 3.05) is 0 Å². The van der Waals surface area contributed by atoms with Crippen molar-refractivity contribution < 1.29 is 9.47 Å². The monoisotopic (exact) mass is 380 g/mol. The van der Waals surface area contributed by atoms with Crippen molar-refractivity contribution in [1.82, 2.24) is 0 Å². The van der Waals surface area contributed by atoms with Crippen LogP contribution in [-0.4, -0.2) is 0 Å². The zero-order valence-corrected chi connectivity index (χ0v) is 16.3. The first-order chi connectivity index (χ1) is 14.4. The standard InChI is InChI=1S/C27H24O2/c1-5-13-23(14-6-1)21-28-27(25-17-9-3-10-18-25,26-19-11-4-12-20-26)29-22-24-15-7-2-8-16-24/h1-20H,21-22H2. The molecule has 0 N–H and O–H groups in total. The van der Waals surface area contributed by atoms with Gasteiger partial charge in [0.1, 0.15) is 0 Å². The molecule has 0 aromatic heterocycles. The Bertz CT molecular complexity index is 899. The molecule has 29 heavy (non-hydrogen) atoms. The van der Waals surface area contributed by atoms with Crippen LogP contribution in [0.3, 0.4) is 0 Å². The van der Waals surface area contributed by atoms with Crippen LogP contribution in [0.1, 0.15) is 22.3 Å². The second kappa shape index (κ2) is 9.33. The van der Waals surface area contributed by atoms with E-state index >= 15 is 0 Å². The van der Waals surface area contributed by atoms with Gasteiger partial charge in [0.15, 0.2) is 0 Å². The van der Waals surface area contributed by atoms with Crippen molar-refractivity contribution >= 4 is 0 Å². The summed E-state index contributed by atoms with van der Waals surface area (Å²) < 4.78 is 13.2. The van der Waals surface area contributed by atoms with Crippen molar-refractivity contribution in [3.63, 3.8) is 0 Å². The van der Waals surface area contributed by atoms with Gasteiger partial charge in [0.05, 0.1) is 13.2 Å². The summed E-state index contributed by atoms with van der Waals surface area (Å²) in [5, 5.41) is 0. The summed E-state index contributed by atoms with van der Waals surface area (Å²) in [6.07, 6.45) is 0. The Balaban J connectivity index is 1.73. The van der Waals surface area contributed by atoms with Crippen LogP contribution >= 0.6 is 0 Å². The summed E-state index contributed by atoms with van der Waals surface area (Å²) in [6, 6.07) is 40.7. The Kier molecular flexibility index (Phi) is 6.16. The van der Waals surface area contributed by atoms with Crippen molar-refractivity contribution in [3.05, 3.63) is 144 Å². The van der Waals surface area contributed by atoms with Crippen LogP contribution in [0.5, 0.6) is 0 Å². The molecule has 0 fully saturated rings. The number of rotatable bonds is 8. The third-order valence-corrected chi connectivity index (χ3v) is 4.88. The molecule has 0 heterocycles. The molecule has 4 aromatic rings. The van der Waals surface area contributed by atoms with Crippen molar-refractivity contribution in [2.24, 2.45) is 0 Å². The Labute approximate surface area is 172 Å². The molecule has 0 unspecified atom stereocenters. The molecule has 0 atom stereocenters. The summed E-state index contributed by atoms with van der Waals surface area (Å²) in [4.78, 5) is 0. The number of ether oxygens (including phenoxy) is 2. The van der Waals surface area contributed by atoms with Crippen LogP contribution in [0.25, 0.3) is 0 Å². The highest BCUT2D eigenvalue weighted by Gasteiger charge is 2.37.